The minimum Gasteiger partial charge on any atom is -0.480 e. The molecule has 0 radical (unpaired) electrons. The number of hydrogen-bond acceptors (Lipinski definition) is 3. The number of sulfonamides is 1. The summed E-state index contributed by atoms with van der Waals surface area (Å²) in [5.41, 5.74) is 0. The molecule has 0 aromatic heterocycles. The lowest BCUT2D eigenvalue weighted by Crippen LogP contribution is -2.41. The highest BCUT2D eigenvalue weighted by molar-refractivity contribution is 7.89. The predicted octanol–water partition coefficient (Wildman–Crippen LogP) is 0.665. The highest BCUT2D eigenvalue weighted by Gasteiger charge is 2.30. The lowest BCUT2D eigenvalue weighted by Gasteiger charge is -2.25. The molecule has 1 unspecified atom stereocenters. The van der Waals surface area contributed by atoms with Crippen molar-refractivity contribution in [2.24, 2.45) is 0 Å². The van der Waals surface area contributed by atoms with E-state index in [9.17, 15) is 13.2 Å². The van der Waals surface area contributed by atoms with Gasteiger partial charge in [-0.05, 0) is 19.8 Å². The minimum atomic E-state index is -3.62. The van der Waals surface area contributed by atoms with Gasteiger partial charge < -0.3 is 5.11 Å². The third kappa shape index (κ3) is 3.46. The summed E-state index contributed by atoms with van der Waals surface area (Å²) in [6.07, 6.45) is 3.67. The van der Waals surface area contributed by atoms with Crippen LogP contribution in [0.15, 0.2) is 0 Å². The Balaban J connectivity index is 2.78. The summed E-state index contributed by atoms with van der Waals surface area (Å²) in [6, 6.07) is -0.0724. The molecule has 6 heteroatoms. The summed E-state index contributed by atoms with van der Waals surface area (Å²) in [4.78, 5) is 10.4. The van der Waals surface area contributed by atoms with E-state index in [1.807, 2.05) is 6.92 Å². The van der Waals surface area contributed by atoms with E-state index in [0.29, 0.717) is 6.54 Å². The number of rotatable bonds is 3. The van der Waals surface area contributed by atoms with Crippen LogP contribution >= 0.6 is 0 Å². The van der Waals surface area contributed by atoms with Crippen LogP contribution in [0.25, 0.3) is 0 Å². The molecule has 1 heterocycles. The Hall–Kier alpha value is -0.620. The topological polar surface area (TPSA) is 74.7 Å². The summed E-state index contributed by atoms with van der Waals surface area (Å²) in [5.74, 6) is -2.08. The molecule has 0 amide bonds. The van der Waals surface area contributed by atoms with Gasteiger partial charge >= 0.3 is 5.97 Å². The van der Waals surface area contributed by atoms with Gasteiger partial charge in [-0.15, -0.1) is 0 Å². The highest BCUT2D eigenvalue weighted by Crippen LogP contribution is 2.19. The van der Waals surface area contributed by atoms with Crippen molar-refractivity contribution in [3.63, 3.8) is 0 Å². The number of hydrogen-bond donors (Lipinski definition) is 1. The number of carboxylic acids is 1. The standard InChI is InChI=1S/C9H17NO4S/c1-8-5-3-2-4-6-10(8)15(13,14)7-9(11)12/h8H,2-7H2,1H3,(H,11,12). The van der Waals surface area contributed by atoms with Gasteiger partial charge in [0.15, 0.2) is 5.75 Å². The van der Waals surface area contributed by atoms with E-state index >= 15 is 0 Å². The fourth-order valence-corrected chi connectivity index (χ4v) is 3.44. The maximum absolute atomic E-state index is 11.7. The van der Waals surface area contributed by atoms with Crippen LogP contribution < -0.4 is 0 Å². The van der Waals surface area contributed by atoms with Gasteiger partial charge in [-0.1, -0.05) is 12.8 Å². The Morgan fingerprint density at radius 3 is 2.67 bits per heavy atom. The summed E-state index contributed by atoms with van der Waals surface area (Å²) >= 11 is 0. The molecule has 0 aliphatic carbocycles. The number of aliphatic carboxylic acids is 1. The Morgan fingerprint density at radius 2 is 2.07 bits per heavy atom. The van der Waals surface area contributed by atoms with Crippen LogP contribution in [-0.2, 0) is 14.8 Å². The zero-order valence-corrected chi connectivity index (χ0v) is 9.66. The SMILES string of the molecule is CC1CCCCCN1S(=O)(=O)CC(=O)O. The lowest BCUT2D eigenvalue weighted by atomic mass is 10.1. The normalized spacial score (nSPS) is 24.7. The van der Waals surface area contributed by atoms with Crippen LogP contribution in [0.4, 0.5) is 0 Å². The van der Waals surface area contributed by atoms with E-state index in [-0.39, 0.29) is 6.04 Å². The second-order valence-corrected chi connectivity index (χ2v) is 5.88. The smallest absolute Gasteiger partial charge is 0.320 e. The largest absolute Gasteiger partial charge is 0.480 e. The fraction of sp³-hybridized carbons (Fsp3) is 0.889. The van der Waals surface area contributed by atoms with E-state index in [1.165, 1.54) is 4.31 Å². The fourth-order valence-electron chi connectivity index (χ4n) is 1.90. The second-order valence-electron chi connectivity index (χ2n) is 3.96. The van der Waals surface area contributed by atoms with Crippen LogP contribution in [0.5, 0.6) is 0 Å². The zero-order chi connectivity index (χ0) is 11.5. The Kier molecular flexibility index (Phi) is 4.10. The average Bonchev–Trinajstić information content (AvgIpc) is 2.27. The van der Waals surface area contributed by atoms with Gasteiger partial charge in [-0.3, -0.25) is 4.79 Å². The van der Waals surface area contributed by atoms with Crippen molar-refractivity contribution in [2.75, 3.05) is 12.3 Å². The van der Waals surface area contributed by atoms with Gasteiger partial charge in [0.2, 0.25) is 10.0 Å². The number of carbonyl (C=O) groups is 1. The molecule has 0 bridgehead atoms. The predicted molar refractivity (Wildman–Crippen MR) is 56.1 cm³/mol. The number of nitrogens with zero attached hydrogens (tertiary/aromatic N) is 1. The first-order valence-electron chi connectivity index (χ1n) is 5.15. The first-order valence-corrected chi connectivity index (χ1v) is 6.76. The highest BCUT2D eigenvalue weighted by atomic mass is 32.2. The molecule has 0 saturated carbocycles. The molecule has 15 heavy (non-hydrogen) atoms. The van der Waals surface area contributed by atoms with Crippen molar-refractivity contribution >= 4 is 16.0 Å². The molecule has 1 aliphatic rings. The Morgan fingerprint density at radius 1 is 1.40 bits per heavy atom. The maximum atomic E-state index is 11.7. The third-order valence-electron chi connectivity index (χ3n) is 2.66. The van der Waals surface area contributed by atoms with Gasteiger partial charge in [0.25, 0.3) is 0 Å². The molecule has 0 aromatic rings. The summed E-state index contributed by atoms with van der Waals surface area (Å²) in [6.45, 7) is 2.29. The van der Waals surface area contributed by atoms with E-state index < -0.39 is 21.7 Å². The van der Waals surface area contributed by atoms with Gasteiger partial charge in [-0.2, -0.15) is 4.31 Å². The van der Waals surface area contributed by atoms with Crippen molar-refractivity contribution in [2.45, 2.75) is 38.6 Å². The Labute approximate surface area is 90.1 Å². The van der Waals surface area contributed by atoms with Crippen molar-refractivity contribution in [1.29, 1.82) is 0 Å². The van der Waals surface area contributed by atoms with Crippen molar-refractivity contribution < 1.29 is 18.3 Å². The van der Waals surface area contributed by atoms with Gasteiger partial charge in [0.05, 0.1) is 0 Å². The molecule has 0 aromatic carbocycles. The van der Waals surface area contributed by atoms with Crippen LogP contribution in [-0.4, -0.2) is 42.1 Å². The molecular weight excluding hydrogens is 218 g/mol. The van der Waals surface area contributed by atoms with Crippen LogP contribution in [0.2, 0.25) is 0 Å². The van der Waals surface area contributed by atoms with E-state index in [0.717, 1.165) is 25.7 Å². The Bertz CT molecular complexity index is 325. The minimum absolute atomic E-state index is 0.0724. The molecule has 1 fully saturated rings. The van der Waals surface area contributed by atoms with Crippen LogP contribution in [0.1, 0.15) is 32.6 Å². The second kappa shape index (κ2) is 4.94. The van der Waals surface area contributed by atoms with Gasteiger partial charge in [0.1, 0.15) is 0 Å². The molecule has 1 atom stereocenters. The molecular formula is C9H17NO4S. The molecule has 0 spiro atoms. The third-order valence-corrected chi connectivity index (χ3v) is 4.52. The summed E-state index contributed by atoms with van der Waals surface area (Å²) in [7, 11) is -3.62. The van der Waals surface area contributed by atoms with E-state index in [4.69, 9.17) is 5.11 Å². The molecule has 1 aliphatic heterocycles. The molecule has 1 saturated heterocycles. The van der Waals surface area contributed by atoms with Gasteiger partial charge in [0, 0.05) is 12.6 Å². The summed E-state index contributed by atoms with van der Waals surface area (Å²) < 4.78 is 24.8. The number of carboxylic acid groups (broad SMARTS) is 1. The van der Waals surface area contributed by atoms with Crippen molar-refractivity contribution in [3.8, 4) is 0 Å². The summed E-state index contributed by atoms with van der Waals surface area (Å²) in [5, 5.41) is 8.53. The molecule has 5 nitrogen and oxygen atoms in total. The van der Waals surface area contributed by atoms with Crippen LogP contribution in [0, 0.1) is 0 Å². The van der Waals surface area contributed by atoms with Crippen molar-refractivity contribution in [3.05, 3.63) is 0 Å². The lowest BCUT2D eigenvalue weighted by molar-refractivity contribution is -0.134. The first kappa shape index (κ1) is 12.4. The maximum Gasteiger partial charge on any atom is 0.320 e. The monoisotopic (exact) mass is 235 g/mol. The van der Waals surface area contributed by atoms with E-state index in [1.54, 1.807) is 0 Å². The van der Waals surface area contributed by atoms with Crippen molar-refractivity contribution in [1.82, 2.24) is 4.31 Å². The van der Waals surface area contributed by atoms with Crippen LogP contribution in [0.3, 0.4) is 0 Å². The zero-order valence-electron chi connectivity index (χ0n) is 8.85. The molecule has 1 N–H and O–H groups in total. The average molecular weight is 235 g/mol. The first-order chi connectivity index (χ1) is 6.93. The van der Waals surface area contributed by atoms with Gasteiger partial charge in [-0.25, -0.2) is 8.42 Å². The van der Waals surface area contributed by atoms with E-state index in [2.05, 4.69) is 0 Å². The quantitative estimate of drug-likeness (QED) is 0.780. The molecule has 1 rings (SSSR count). The molecule has 88 valence electrons.